The van der Waals surface area contributed by atoms with Gasteiger partial charge >= 0.3 is 0 Å². The molecule has 9 heteroatoms. The van der Waals surface area contributed by atoms with E-state index in [-0.39, 0.29) is 18.4 Å². The summed E-state index contributed by atoms with van der Waals surface area (Å²) in [5.74, 6) is 2.53. The zero-order valence-electron chi connectivity index (χ0n) is 23.5. The number of hydrogen-bond donors (Lipinski definition) is 0. The lowest BCUT2D eigenvalue weighted by Crippen LogP contribution is -2.45. The topological polar surface area (TPSA) is 75.5 Å². The molecule has 40 heavy (non-hydrogen) atoms. The molecule has 1 aromatic heterocycles. The summed E-state index contributed by atoms with van der Waals surface area (Å²) in [6.45, 7) is 5.95. The Morgan fingerprint density at radius 1 is 0.950 bits per heavy atom. The molecule has 0 N–H and O–H groups in total. The lowest BCUT2D eigenvalue weighted by Gasteiger charge is -2.29. The van der Waals surface area contributed by atoms with Crippen molar-refractivity contribution in [3.05, 3.63) is 81.7 Å². The second-order valence-corrected chi connectivity index (χ2v) is 11.0. The first-order chi connectivity index (χ1) is 19.4. The Balaban J connectivity index is 1.52. The van der Waals surface area contributed by atoms with Crippen molar-refractivity contribution in [2.45, 2.75) is 32.7 Å². The number of nitrogens with zero attached hydrogens (tertiary/aromatic N) is 3. The van der Waals surface area contributed by atoms with Crippen LogP contribution in [0.25, 0.3) is 0 Å². The Hall–Kier alpha value is -3.30. The van der Waals surface area contributed by atoms with Crippen molar-refractivity contribution < 1.29 is 23.5 Å². The van der Waals surface area contributed by atoms with Gasteiger partial charge in [0.15, 0.2) is 11.5 Å². The van der Waals surface area contributed by atoms with E-state index >= 15 is 0 Å². The third kappa shape index (κ3) is 8.11. The largest absolute Gasteiger partial charge is 0.493 e. The molecular formula is C31H38BrN3O5. The molecule has 3 aromatic rings. The summed E-state index contributed by atoms with van der Waals surface area (Å²) in [5.41, 5.74) is 1.57. The van der Waals surface area contributed by atoms with E-state index < -0.39 is 0 Å². The summed E-state index contributed by atoms with van der Waals surface area (Å²) in [5, 5.41) is 0. The fourth-order valence-electron chi connectivity index (χ4n) is 4.94. The standard InChI is InChI=1S/C31H38BrN3O5/c1-23-9-11-27(40-23)21-34(16-13-24-10-12-28(38-2)29(19-24)39-3)30(36)22-35(18-17-33-14-4-5-15-33)31(37)25-7-6-8-26(32)20-25/h6-12,19-20H,4-5,13-18,21-22H2,1-3H3. The van der Waals surface area contributed by atoms with Crippen LogP contribution < -0.4 is 9.47 Å². The van der Waals surface area contributed by atoms with Gasteiger partial charge in [-0.15, -0.1) is 0 Å². The van der Waals surface area contributed by atoms with E-state index in [1.807, 2.05) is 49.4 Å². The van der Waals surface area contributed by atoms with Crippen LogP contribution in [0.2, 0.25) is 0 Å². The van der Waals surface area contributed by atoms with Gasteiger partial charge in [-0.05, 0) is 87.3 Å². The van der Waals surface area contributed by atoms with Gasteiger partial charge in [-0.25, -0.2) is 0 Å². The van der Waals surface area contributed by atoms with Crippen molar-refractivity contribution in [1.29, 1.82) is 0 Å². The average molecular weight is 613 g/mol. The molecule has 2 amide bonds. The molecule has 0 saturated carbocycles. The Bertz CT molecular complexity index is 1290. The minimum absolute atomic E-state index is 0.00912. The summed E-state index contributed by atoms with van der Waals surface area (Å²) in [6.07, 6.45) is 2.95. The highest BCUT2D eigenvalue weighted by Gasteiger charge is 2.25. The molecule has 2 aromatic carbocycles. The van der Waals surface area contributed by atoms with Gasteiger partial charge in [-0.1, -0.05) is 28.1 Å². The van der Waals surface area contributed by atoms with Crippen molar-refractivity contribution >= 4 is 27.7 Å². The van der Waals surface area contributed by atoms with Crippen molar-refractivity contribution in [3.63, 3.8) is 0 Å². The van der Waals surface area contributed by atoms with Crippen LogP contribution in [0.4, 0.5) is 0 Å². The molecule has 4 rings (SSSR count). The number of methoxy groups -OCH3 is 2. The van der Waals surface area contributed by atoms with Crippen molar-refractivity contribution in [2.24, 2.45) is 0 Å². The van der Waals surface area contributed by atoms with Gasteiger partial charge in [0.05, 0.1) is 20.8 Å². The van der Waals surface area contributed by atoms with Gasteiger partial charge in [-0.3, -0.25) is 9.59 Å². The molecule has 2 heterocycles. The first-order valence-corrected chi connectivity index (χ1v) is 14.5. The first kappa shape index (κ1) is 29.7. The van der Waals surface area contributed by atoms with E-state index in [0.29, 0.717) is 48.9 Å². The van der Waals surface area contributed by atoms with Gasteiger partial charge < -0.3 is 28.6 Å². The van der Waals surface area contributed by atoms with Crippen LogP contribution in [0.3, 0.4) is 0 Å². The lowest BCUT2D eigenvalue weighted by molar-refractivity contribution is -0.132. The molecule has 0 spiro atoms. The Kier molecular flexibility index (Phi) is 10.7. The smallest absolute Gasteiger partial charge is 0.254 e. The summed E-state index contributed by atoms with van der Waals surface area (Å²) >= 11 is 3.47. The van der Waals surface area contributed by atoms with Crippen LogP contribution in [0.5, 0.6) is 11.5 Å². The maximum atomic E-state index is 13.8. The molecule has 1 aliphatic rings. The Morgan fingerprint density at radius 3 is 2.40 bits per heavy atom. The highest BCUT2D eigenvalue weighted by Crippen LogP contribution is 2.28. The predicted molar refractivity (Wildman–Crippen MR) is 158 cm³/mol. The maximum Gasteiger partial charge on any atom is 0.254 e. The second kappa shape index (κ2) is 14.4. The number of halogens is 1. The minimum Gasteiger partial charge on any atom is -0.493 e. The molecule has 0 unspecified atom stereocenters. The number of carbonyl (C=O) groups is 2. The van der Waals surface area contributed by atoms with Crippen molar-refractivity contribution in [2.75, 3.05) is 53.5 Å². The van der Waals surface area contributed by atoms with Crippen LogP contribution >= 0.6 is 15.9 Å². The fourth-order valence-corrected chi connectivity index (χ4v) is 5.34. The number of benzene rings is 2. The molecule has 8 nitrogen and oxygen atoms in total. The van der Waals surface area contributed by atoms with Crippen LogP contribution in [-0.4, -0.2) is 80.0 Å². The third-order valence-electron chi connectivity index (χ3n) is 7.18. The predicted octanol–water partition coefficient (Wildman–Crippen LogP) is 5.18. The number of aryl methyl sites for hydroxylation is 1. The number of furan rings is 1. The molecule has 1 fully saturated rings. The normalized spacial score (nSPS) is 13.3. The molecular weight excluding hydrogens is 574 g/mol. The first-order valence-electron chi connectivity index (χ1n) is 13.7. The highest BCUT2D eigenvalue weighted by atomic mass is 79.9. The van der Waals surface area contributed by atoms with Gasteiger partial charge in [0.25, 0.3) is 5.91 Å². The van der Waals surface area contributed by atoms with Crippen LogP contribution in [0.1, 0.15) is 40.3 Å². The molecule has 0 radical (unpaired) electrons. The summed E-state index contributed by atoms with van der Waals surface area (Å²) in [7, 11) is 3.21. The summed E-state index contributed by atoms with van der Waals surface area (Å²) < 4.78 is 17.5. The number of carbonyl (C=O) groups excluding carboxylic acids is 2. The van der Waals surface area contributed by atoms with E-state index in [1.54, 1.807) is 36.2 Å². The number of likely N-dealkylation sites (tertiary alicyclic amines) is 1. The van der Waals surface area contributed by atoms with E-state index in [4.69, 9.17) is 13.9 Å². The van der Waals surface area contributed by atoms with E-state index in [2.05, 4.69) is 20.8 Å². The zero-order valence-corrected chi connectivity index (χ0v) is 25.1. The SMILES string of the molecule is COc1ccc(CCN(Cc2ccc(C)o2)C(=O)CN(CCN2CCCC2)C(=O)c2cccc(Br)c2)cc1OC. The molecule has 0 aliphatic carbocycles. The second-order valence-electron chi connectivity index (χ2n) is 10.1. The molecule has 1 aliphatic heterocycles. The van der Waals surface area contributed by atoms with E-state index in [0.717, 1.165) is 35.4 Å². The lowest BCUT2D eigenvalue weighted by atomic mass is 10.1. The van der Waals surface area contributed by atoms with Gasteiger partial charge in [0, 0.05) is 29.7 Å². The number of rotatable bonds is 13. The summed E-state index contributed by atoms with van der Waals surface area (Å²) in [6, 6.07) is 16.9. The van der Waals surface area contributed by atoms with Crippen LogP contribution in [0.15, 0.2) is 63.5 Å². The number of amides is 2. The van der Waals surface area contributed by atoms with E-state index in [9.17, 15) is 9.59 Å². The van der Waals surface area contributed by atoms with Crippen LogP contribution in [-0.2, 0) is 17.8 Å². The van der Waals surface area contributed by atoms with Crippen molar-refractivity contribution in [3.8, 4) is 11.5 Å². The molecule has 214 valence electrons. The highest BCUT2D eigenvalue weighted by molar-refractivity contribution is 9.10. The number of ether oxygens (including phenoxy) is 2. The van der Waals surface area contributed by atoms with Crippen molar-refractivity contribution in [1.82, 2.24) is 14.7 Å². The average Bonchev–Trinajstić information content (AvgIpc) is 3.64. The zero-order chi connectivity index (χ0) is 28.5. The Morgan fingerprint density at radius 2 is 1.73 bits per heavy atom. The molecule has 0 atom stereocenters. The third-order valence-corrected chi connectivity index (χ3v) is 7.68. The quantitative estimate of drug-likeness (QED) is 0.265. The monoisotopic (exact) mass is 611 g/mol. The number of hydrogen-bond acceptors (Lipinski definition) is 6. The van der Waals surface area contributed by atoms with Gasteiger partial charge in [0.1, 0.15) is 18.1 Å². The fraction of sp³-hybridized carbons (Fsp3) is 0.419. The minimum atomic E-state index is -0.150. The molecule has 0 bridgehead atoms. The maximum absolute atomic E-state index is 13.8. The van der Waals surface area contributed by atoms with Crippen LogP contribution in [0, 0.1) is 6.92 Å². The summed E-state index contributed by atoms with van der Waals surface area (Å²) in [4.78, 5) is 33.2. The molecule has 1 saturated heterocycles. The van der Waals surface area contributed by atoms with Gasteiger partial charge in [-0.2, -0.15) is 0 Å². The van der Waals surface area contributed by atoms with E-state index in [1.165, 1.54) is 12.8 Å². The Labute approximate surface area is 245 Å². The van der Waals surface area contributed by atoms with Gasteiger partial charge in [0.2, 0.25) is 5.91 Å².